The van der Waals surface area contributed by atoms with E-state index in [9.17, 15) is 4.79 Å². The summed E-state index contributed by atoms with van der Waals surface area (Å²) in [4.78, 5) is 20.2. The third kappa shape index (κ3) is 6.64. The van der Waals surface area contributed by atoms with Crippen LogP contribution in [0.2, 0.25) is 0 Å². The molecule has 134 valence electrons. The molecule has 0 saturated carbocycles. The minimum Gasteiger partial charge on any atom is -0.450 e. The van der Waals surface area contributed by atoms with E-state index in [2.05, 4.69) is 36.0 Å². The van der Waals surface area contributed by atoms with Gasteiger partial charge in [0.15, 0.2) is 5.96 Å². The molecule has 0 spiro atoms. The van der Waals surface area contributed by atoms with Crippen molar-refractivity contribution in [1.82, 2.24) is 15.1 Å². The molecule has 1 fully saturated rings. The standard InChI is InChI=1S/C16H33N5O2/c1-5-20(6-2)13(4)12-18-15(17)19-14-8-10-21(11-9-14)16(22)23-7-3/h13-14H,5-12H2,1-4H3,(H3,17,18,19). The highest BCUT2D eigenvalue weighted by atomic mass is 16.6. The van der Waals surface area contributed by atoms with Crippen LogP contribution in [0, 0.1) is 0 Å². The van der Waals surface area contributed by atoms with E-state index in [1.54, 1.807) is 4.90 Å². The molecule has 7 nitrogen and oxygen atoms in total. The van der Waals surface area contributed by atoms with Crippen molar-refractivity contribution >= 4 is 12.1 Å². The SMILES string of the molecule is CCOC(=O)N1CCC(NC(N)=NCC(C)N(CC)CC)CC1. The Morgan fingerprint density at radius 2 is 1.96 bits per heavy atom. The number of ether oxygens (including phenoxy) is 1. The average Bonchev–Trinajstić information content (AvgIpc) is 2.55. The van der Waals surface area contributed by atoms with Gasteiger partial charge in [0.05, 0.1) is 13.2 Å². The number of amides is 1. The summed E-state index contributed by atoms with van der Waals surface area (Å²) in [7, 11) is 0. The molecule has 0 aromatic rings. The van der Waals surface area contributed by atoms with Crippen LogP contribution < -0.4 is 11.1 Å². The second-order valence-electron chi connectivity index (χ2n) is 5.90. The van der Waals surface area contributed by atoms with Crippen LogP contribution in [0.1, 0.15) is 40.5 Å². The number of guanidine groups is 1. The molecule has 1 atom stereocenters. The van der Waals surface area contributed by atoms with Crippen LogP contribution in [0.25, 0.3) is 0 Å². The van der Waals surface area contributed by atoms with Crippen LogP contribution in [0.3, 0.4) is 0 Å². The molecule has 23 heavy (non-hydrogen) atoms. The van der Waals surface area contributed by atoms with E-state index in [4.69, 9.17) is 10.5 Å². The molecule has 0 aliphatic carbocycles. The van der Waals surface area contributed by atoms with Crippen LogP contribution in [0.15, 0.2) is 4.99 Å². The fourth-order valence-electron chi connectivity index (χ4n) is 2.87. The number of hydrogen-bond donors (Lipinski definition) is 2. The fourth-order valence-corrected chi connectivity index (χ4v) is 2.87. The summed E-state index contributed by atoms with van der Waals surface area (Å²) in [6, 6.07) is 0.657. The molecule has 1 amide bonds. The number of rotatable bonds is 7. The fraction of sp³-hybridized carbons (Fsp3) is 0.875. The van der Waals surface area contributed by atoms with Gasteiger partial charge in [0.1, 0.15) is 0 Å². The van der Waals surface area contributed by atoms with Gasteiger partial charge in [-0.05, 0) is 39.8 Å². The number of hydrogen-bond acceptors (Lipinski definition) is 4. The number of nitrogens with zero attached hydrogens (tertiary/aromatic N) is 3. The number of likely N-dealkylation sites (tertiary alicyclic amines) is 1. The van der Waals surface area contributed by atoms with Crippen molar-refractivity contribution in [1.29, 1.82) is 0 Å². The summed E-state index contributed by atoms with van der Waals surface area (Å²) in [5.41, 5.74) is 5.99. The topological polar surface area (TPSA) is 83.2 Å². The molecule has 1 saturated heterocycles. The molecule has 7 heteroatoms. The van der Waals surface area contributed by atoms with E-state index in [0.29, 0.717) is 38.2 Å². The number of piperidine rings is 1. The molecule has 1 aliphatic heterocycles. The number of likely N-dealkylation sites (N-methyl/N-ethyl adjacent to an activating group) is 1. The molecule has 0 radical (unpaired) electrons. The predicted molar refractivity (Wildman–Crippen MR) is 93.6 cm³/mol. The first-order chi connectivity index (χ1) is 11.0. The summed E-state index contributed by atoms with van der Waals surface area (Å²) in [5.74, 6) is 0.499. The zero-order valence-corrected chi connectivity index (χ0v) is 15.0. The van der Waals surface area contributed by atoms with Gasteiger partial charge in [0.2, 0.25) is 0 Å². The summed E-state index contributed by atoms with van der Waals surface area (Å²) in [6.45, 7) is 12.8. The average molecular weight is 327 g/mol. The quantitative estimate of drug-likeness (QED) is 0.543. The van der Waals surface area contributed by atoms with Crippen molar-refractivity contribution in [3.05, 3.63) is 0 Å². The first-order valence-corrected chi connectivity index (χ1v) is 8.73. The van der Waals surface area contributed by atoms with Gasteiger partial charge in [0.25, 0.3) is 0 Å². The second kappa shape index (κ2) is 10.3. The van der Waals surface area contributed by atoms with Gasteiger partial charge in [-0.15, -0.1) is 0 Å². The maximum atomic E-state index is 11.7. The molecular weight excluding hydrogens is 294 g/mol. The zero-order valence-electron chi connectivity index (χ0n) is 15.0. The lowest BCUT2D eigenvalue weighted by atomic mass is 10.1. The summed E-state index contributed by atoms with van der Waals surface area (Å²) in [5, 5.41) is 3.27. The van der Waals surface area contributed by atoms with Crippen molar-refractivity contribution in [2.45, 2.75) is 52.6 Å². The van der Waals surface area contributed by atoms with Crippen molar-refractivity contribution in [2.75, 3.05) is 39.3 Å². The lowest BCUT2D eigenvalue weighted by molar-refractivity contribution is 0.0963. The normalized spacial score (nSPS) is 18.1. The molecule has 1 heterocycles. The van der Waals surface area contributed by atoms with Crippen LogP contribution in [-0.2, 0) is 4.74 Å². The first kappa shape index (κ1) is 19.5. The summed E-state index contributed by atoms with van der Waals surface area (Å²) < 4.78 is 5.02. The van der Waals surface area contributed by atoms with Gasteiger partial charge in [-0.1, -0.05) is 13.8 Å². The highest BCUT2D eigenvalue weighted by Crippen LogP contribution is 2.11. The lowest BCUT2D eigenvalue weighted by Crippen LogP contribution is -2.48. The molecule has 3 N–H and O–H groups in total. The third-order valence-corrected chi connectivity index (χ3v) is 4.33. The monoisotopic (exact) mass is 327 g/mol. The maximum Gasteiger partial charge on any atom is 0.409 e. The van der Waals surface area contributed by atoms with Gasteiger partial charge in [-0.25, -0.2) is 4.79 Å². The predicted octanol–water partition coefficient (Wildman–Crippen LogP) is 1.24. The number of nitrogens with two attached hydrogens (primary N) is 1. The van der Waals surface area contributed by atoms with E-state index in [0.717, 1.165) is 25.9 Å². The molecule has 1 rings (SSSR count). The Balaban J connectivity index is 2.34. The lowest BCUT2D eigenvalue weighted by Gasteiger charge is -2.32. The third-order valence-electron chi connectivity index (χ3n) is 4.33. The molecule has 0 aromatic heterocycles. The largest absolute Gasteiger partial charge is 0.450 e. The maximum absolute atomic E-state index is 11.7. The van der Waals surface area contributed by atoms with Crippen molar-refractivity contribution in [3.63, 3.8) is 0 Å². The molecule has 0 bridgehead atoms. The minimum absolute atomic E-state index is 0.222. The van der Waals surface area contributed by atoms with Crippen molar-refractivity contribution in [2.24, 2.45) is 10.7 Å². The number of carbonyl (C=O) groups excluding carboxylic acids is 1. The van der Waals surface area contributed by atoms with Crippen molar-refractivity contribution < 1.29 is 9.53 Å². The van der Waals surface area contributed by atoms with Gasteiger partial charge in [-0.2, -0.15) is 0 Å². The zero-order chi connectivity index (χ0) is 17.2. The Labute approximate surface area is 140 Å². The Kier molecular flexibility index (Phi) is 8.76. The number of carbonyl (C=O) groups is 1. The van der Waals surface area contributed by atoms with Gasteiger partial charge < -0.3 is 20.7 Å². The molecule has 0 aromatic carbocycles. The smallest absolute Gasteiger partial charge is 0.409 e. The van der Waals surface area contributed by atoms with Gasteiger partial charge in [-0.3, -0.25) is 9.89 Å². The van der Waals surface area contributed by atoms with Crippen LogP contribution in [0.5, 0.6) is 0 Å². The van der Waals surface area contributed by atoms with Crippen molar-refractivity contribution in [3.8, 4) is 0 Å². The highest BCUT2D eigenvalue weighted by Gasteiger charge is 2.23. The molecular formula is C16H33N5O2. The highest BCUT2D eigenvalue weighted by molar-refractivity contribution is 5.78. The minimum atomic E-state index is -0.222. The van der Waals surface area contributed by atoms with E-state index in [1.165, 1.54) is 0 Å². The van der Waals surface area contributed by atoms with Gasteiger partial charge in [0, 0.05) is 25.2 Å². The van der Waals surface area contributed by atoms with E-state index >= 15 is 0 Å². The number of nitrogens with one attached hydrogen (secondary N) is 1. The Hall–Kier alpha value is -1.50. The van der Waals surface area contributed by atoms with Crippen LogP contribution >= 0.6 is 0 Å². The summed E-state index contributed by atoms with van der Waals surface area (Å²) >= 11 is 0. The molecule has 1 aliphatic rings. The second-order valence-corrected chi connectivity index (χ2v) is 5.90. The Bertz CT molecular complexity index is 377. The van der Waals surface area contributed by atoms with E-state index < -0.39 is 0 Å². The van der Waals surface area contributed by atoms with Crippen LogP contribution in [0.4, 0.5) is 4.79 Å². The van der Waals surface area contributed by atoms with Gasteiger partial charge >= 0.3 is 6.09 Å². The Morgan fingerprint density at radius 1 is 1.35 bits per heavy atom. The van der Waals surface area contributed by atoms with E-state index in [1.807, 2.05) is 6.92 Å². The Morgan fingerprint density at radius 3 is 2.48 bits per heavy atom. The summed E-state index contributed by atoms with van der Waals surface area (Å²) in [6.07, 6.45) is 1.50. The number of aliphatic imine (C=N–C) groups is 1. The first-order valence-electron chi connectivity index (χ1n) is 8.73. The van der Waals surface area contributed by atoms with E-state index in [-0.39, 0.29) is 12.1 Å². The van der Waals surface area contributed by atoms with Crippen LogP contribution in [-0.4, -0.2) is 73.3 Å². The molecule has 1 unspecified atom stereocenters.